The monoisotopic (exact) mass is 201 g/mol. The highest BCUT2D eigenvalue weighted by molar-refractivity contribution is 5.73. The first kappa shape index (κ1) is 10.8. The van der Waals surface area contributed by atoms with Crippen LogP contribution in [0.15, 0.2) is 5.11 Å². The molecule has 1 saturated heterocycles. The largest absolute Gasteiger partial charge is 0.479 e. The zero-order valence-corrected chi connectivity index (χ0v) is 7.88. The molecule has 0 aliphatic carbocycles. The molecule has 0 aromatic carbocycles. The summed E-state index contributed by atoms with van der Waals surface area (Å²) in [5, 5.41) is 12.0. The van der Waals surface area contributed by atoms with Crippen molar-refractivity contribution >= 4 is 5.97 Å². The first-order chi connectivity index (χ1) is 6.46. The third kappa shape index (κ3) is 2.35. The summed E-state index contributed by atoms with van der Waals surface area (Å²) in [5.41, 5.74) is 8.10. The topological polar surface area (TPSA) is 105 Å². The van der Waals surface area contributed by atoms with Gasteiger partial charge in [0.1, 0.15) is 6.10 Å². The van der Waals surface area contributed by atoms with Crippen LogP contribution in [0.25, 0.3) is 10.4 Å². The number of ether oxygens (including phenoxy) is 2. The van der Waals surface area contributed by atoms with E-state index in [1.807, 2.05) is 0 Å². The molecule has 0 aromatic heterocycles. The average molecular weight is 201 g/mol. The first-order valence-corrected chi connectivity index (χ1v) is 4.05. The van der Waals surface area contributed by atoms with E-state index < -0.39 is 24.0 Å². The van der Waals surface area contributed by atoms with E-state index in [0.29, 0.717) is 0 Å². The van der Waals surface area contributed by atoms with Crippen molar-refractivity contribution in [3.05, 3.63) is 10.4 Å². The predicted molar refractivity (Wildman–Crippen MR) is 45.5 cm³/mol. The molecule has 1 aliphatic heterocycles. The molecule has 14 heavy (non-hydrogen) atoms. The van der Waals surface area contributed by atoms with Crippen molar-refractivity contribution in [1.82, 2.24) is 0 Å². The van der Waals surface area contributed by atoms with Gasteiger partial charge in [0.25, 0.3) is 0 Å². The highest BCUT2D eigenvalue weighted by Gasteiger charge is 2.44. The van der Waals surface area contributed by atoms with Crippen molar-refractivity contribution in [3.8, 4) is 0 Å². The van der Waals surface area contributed by atoms with E-state index in [4.69, 9.17) is 20.1 Å². The lowest BCUT2D eigenvalue weighted by molar-refractivity contribution is -0.165. The minimum absolute atomic E-state index is 0.0447. The maximum atomic E-state index is 10.7. The van der Waals surface area contributed by atoms with Gasteiger partial charge in [0.05, 0.1) is 6.54 Å². The molecular formula is C7H11N3O4. The van der Waals surface area contributed by atoms with Crippen LogP contribution in [0.2, 0.25) is 0 Å². The van der Waals surface area contributed by atoms with Crippen LogP contribution < -0.4 is 0 Å². The van der Waals surface area contributed by atoms with E-state index in [-0.39, 0.29) is 6.54 Å². The second-order valence-corrected chi connectivity index (χ2v) is 3.35. The van der Waals surface area contributed by atoms with Gasteiger partial charge in [-0.05, 0) is 19.4 Å². The lowest BCUT2D eigenvalue weighted by Gasteiger charge is -2.15. The van der Waals surface area contributed by atoms with Crippen molar-refractivity contribution in [2.24, 2.45) is 5.11 Å². The Morgan fingerprint density at radius 2 is 2.29 bits per heavy atom. The Bertz CT molecular complexity index is 285. The molecule has 7 nitrogen and oxygen atoms in total. The number of carboxylic acids is 1. The van der Waals surface area contributed by atoms with E-state index in [2.05, 4.69) is 10.0 Å². The molecule has 1 fully saturated rings. The average Bonchev–Trinajstić information content (AvgIpc) is 2.38. The first-order valence-electron chi connectivity index (χ1n) is 4.05. The molecule has 0 bridgehead atoms. The Morgan fingerprint density at radius 3 is 2.79 bits per heavy atom. The van der Waals surface area contributed by atoms with E-state index in [0.717, 1.165) is 0 Å². The maximum absolute atomic E-state index is 10.7. The van der Waals surface area contributed by atoms with Crippen LogP contribution in [0, 0.1) is 0 Å². The van der Waals surface area contributed by atoms with Crippen molar-refractivity contribution in [2.45, 2.75) is 31.8 Å². The highest BCUT2D eigenvalue weighted by atomic mass is 16.8. The summed E-state index contributed by atoms with van der Waals surface area (Å²) < 4.78 is 10.4. The molecule has 78 valence electrons. The predicted octanol–water partition coefficient (Wildman–Crippen LogP) is 0.901. The van der Waals surface area contributed by atoms with Gasteiger partial charge >= 0.3 is 5.97 Å². The molecular weight excluding hydrogens is 190 g/mol. The van der Waals surface area contributed by atoms with Gasteiger partial charge in [-0.25, -0.2) is 4.79 Å². The lowest BCUT2D eigenvalue weighted by atomic mass is 10.2. The molecule has 1 rings (SSSR count). The molecule has 7 heteroatoms. The van der Waals surface area contributed by atoms with Gasteiger partial charge in [-0.2, -0.15) is 0 Å². The smallest absolute Gasteiger partial charge is 0.335 e. The fourth-order valence-electron chi connectivity index (χ4n) is 1.30. The summed E-state index contributed by atoms with van der Waals surface area (Å²) in [7, 11) is 0. The summed E-state index contributed by atoms with van der Waals surface area (Å²) in [6, 6.07) is 0. The molecule has 1 N–H and O–H groups in total. The van der Waals surface area contributed by atoms with E-state index in [9.17, 15) is 4.79 Å². The minimum Gasteiger partial charge on any atom is -0.479 e. The molecule has 2 atom stereocenters. The number of nitrogens with zero attached hydrogens (tertiary/aromatic N) is 3. The van der Waals surface area contributed by atoms with Gasteiger partial charge in [0, 0.05) is 4.91 Å². The van der Waals surface area contributed by atoms with Crippen LogP contribution in [0.3, 0.4) is 0 Å². The van der Waals surface area contributed by atoms with Gasteiger partial charge < -0.3 is 14.6 Å². The fourth-order valence-corrected chi connectivity index (χ4v) is 1.30. The number of hydrogen-bond acceptors (Lipinski definition) is 4. The number of azide groups is 1. The van der Waals surface area contributed by atoms with E-state index in [1.54, 1.807) is 13.8 Å². The number of carboxylic acid groups (broad SMARTS) is 1. The molecule has 0 saturated carbocycles. The number of rotatable bonds is 3. The molecule has 0 unspecified atom stereocenters. The van der Waals surface area contributed by atoms with Gasteiger partial charge in [-0.15, -0.1) is 0 Å². The standard InChI is InChI=1S/C7H11N3O4/c1-7(2)13-4(3-9-10-8)5(14-7)6(11)12/h4-5H,3H2,1-2H3,(H,11,12)/t4-,5+/m1/s1. The zero-order chi connectivity index (χ0) is 10.8. The van der Waals surface area contributed by atoms with Crippen molar-refractivity contribution < 1.29 is 19.4 Å². The Hall–Kier alpha value is -1.30. The molecule has 0 spiro atoms. The summed E-state index contributed by atoms with van der Waals surface area (Å²) in [6.45, 7) is 3.18. The Labute approximate surface area is 80.2 Å². The second kappa shape index (κ2) is 3.83. The van der Waals surface area contributed by atoms with Gasteiger partial charge in [-0.1, -0.05) is 5.11 Å². The Balaban J connectivity index is 2.72. The number of hydrogen-bond donors (Lipinski definition) is 1. The van der Waals surface area contributed by atoms with Crippen LogP contribution in [0.1, 0.15) is 13.8 Å². The molecule has 0 radical (unpaired) electrons. The molecule has 0 amide bonds. The van der Waals surface area contributed by atoms with Crippen LogP contribution in [-0.4, -0.2) is 35.6 Å². The summed E-state index contributed by atoms with van der Waals surface area (Å²) in [6.07, 6.45) is -1.80. The van der Waals surface area contributed by atoms with E-state index >= 15 is 0 Å². The Kier molecular flexibility index (Phi) is 2.95. The number of aliphatic carboxylic acids is 1. The molecule has 1 aliphatic rings. The fraction of sp³-hybridized carbons (Fsp3) is 0.857. The minimum atomic E-state index is -1.12. The van der Waals surface area contributed by atoms with Gasteiger partial charge in [-0.3, -0.25) is 0 Å². The van der Waals surface area contributed by atoms with Crippen molar-refractivity contribution in [2.75, 3.05) is 6.54 Å². The van der Waals surface area contributed by atoms with Crippen LogP contribution in [0.5, 0.6) is 0 Å². The van der Waals surface area contributed by atoms with Crippen molar-refractivity contribution in [1.29, 1.82) is 0 Å². The third-order valence-electron chi connectivity index (χ3n) is 1.75. The maximum Gasteiger partial charge on any atom is 0.335 e. The third-order valence-corrected chi connectivity index (χ3v) is 1.75. The van der Waals surface area contributed by atoms with Crippen LogP contribution in [-0.2, 0) is 14.3 Å². The summed E-state index contributed by atoms with van der Waals surface area (Å²) >= 11 is 0. The lowest BCUT2D eigenvalue weighted by Crippen LogP contribution is -2.33. The van der Waals surface area contributed by atoms with Crippen LogP contribution in [0.4, 0.5) is 0 Å². The van der Waals surface area contributed by atoms with Gasteiger partial charge in [0.15, 0.2) is 11.9 Å². The Morgan fingerprint density at radius 1 is 1.64 bits per heavy atom. The summed E-state index contributed by atoms with van der Waals surface area (Å²) in [4.78, 5) is 13.3. The van der Waals surface area contributed by atoms with Gasteiger partial charge in [0.2, 0.25) is 0 Å². The van der Waals surface area contributed by atoms with Crippen LogP contribution >= 0.6 is 0 Å². The number of carbonyl (C=O) groups is 1. The molecule has 1 heterocycles. The molecule has 0 aromatic rings. The summed E-state index contributed by atoms with van der Waals surface area (Å²) in [5.74, 6) is -2.06. The normalized spacial score (nSPS) is 29.6. The zero-order valence-electron chi connectivity index (χ0n) is 7.88. The SMILES string of the molecule is CC1(C)O[C@H](C(=O)O)[C@@H](CN=[N+]=[N-])O1. The highest BCUT2D eigenvalue weighted by Crippen LogP contribution is 2.28. The van der Waals surface area contributed by atoms with Crippen molar-refractivity contribution in [3.63, 3.8) is 0 Å². The quantitative estimate of drug-likeness (QED) is 0.416. The van der Waals surface area contributed by atoms with E-state index in [1.165, 1.54) is 0 Å². The second-order valence-electron chi connectivity index (χ2n) is 3.35.